The van der Waals surface area contributed by atoms with E-state index in [0.717, 1.165) is 24.7 Å². The van der Waals surface area contributed by atoms with E-state index in [9.17, 15) is 4.79 Å². The van der Waals surface area contributed by atoms with Gasteiger partial charge in [0.15, 0.2) is 10.9 Å². The molecule has 0 aliphatic heterocycles. The van der Waals surface area contributed by atoms with E-state index in [2.05, 4.69) is 60.6 Å². The predicted octanol–water partition coefficient (Wildman–Crippen LogP) is 5.98. The molecule has 1 N–H and O–H groups in total. The number of aromatic nitrogens is 3. The number of amides is 1. The minimum Gasteiger partial charge on any atom is -0.453 e. The second-order valence-electron chi connectivity index (χ2n) is 6.34. The normalized spacial score (nSPS) is 11.0. The Morgan fingerprint density at radius 1 is 1.23 bits per heavy atom. The van der Waals surface area contributed by atoms with Gasteiger partial charge < -0.3 is 9.73 Å². The van der Waals surface area contributed by atoms with Crippen LogP contribution in [0.5, 0.6) is 0 Å². The molecule has 2 aromatic heterocycles. The van der Waals surface area contributed by atoms with Crippen LogP contribution in [-0.4, -0.2) is 26.4 Å². The average molecular weight is 595 g/mol. The zero-order valence-electron chi connectivity index (χ0n) is 15.6. The highest BCUT2D eigenvalue weighted by Crippen LogP contribution is 2.31. The molecule has 4 rings (SSSR count). The van der Waals surface area contributed by atoms with Gasteiger partial charge in [-0.2, -0.15) is 0 Å². The van der Waals surface area contributed by atoms with E-state index >= 15 is 0 Å². The SMILES string of the molecule is C=CCn1c(SCC(=O)Nc2ccc(I)cc2)nnc1-c1cc2cc(Br)ccc2o1. The number of carbonyl (C=O) groups excluding carboxylic acids is 1. The van der Waals surface area contributed by atoms with Gasteiger partial charge in [0.05, 0.1) is 5.75 Å². The molecular formula is C21H16BrIN4O2S. The molecule has 4 aromatic rings. The second-order valence-corrected chi connectivity index (χ2v) is 9.45. The maximum Gasteiger partial charge on any atom is 0.234 e. The first-order chi connectivity index (χ1) is 14.5. The summed E-state index contributed by atoms with van der Waals surface area (Å²) in [4.78, 5) is 12.3. The molecule has 0 saturated heterocycles. The summed E-state index contributed by atoms with van der Waals surface area (Å²) in [7, 11) is 0. The lowest BCUT2D eigenvalue weighted by molar-refractivity contribution is -0.113. The topological polar surface area (TPSA) is 73.0 Å². The minimum absolute atomic E-state index is 0.107. The lowest BCUT2D eigenvalue weighted by Gasteiger charge is -2.07. The van der Waals surface area contributed by atoms with Crippen LogP contribution in [-0.2, 0) is 11.3 Å². The van der Waals surface area contributed by atoms with Gasteiger partial charge in [0.25, 0.3) is 0 Å². The standard InChI is InChI=1S/C21H16BrIN4O2S/c1-2-9-27-20(18-11-13-10-14(22)3-8-17(13)29-18)25-26-21(27)30-12-19(28)24-16-6-4-15(23)5-7-16/h2-8,10-11H,1,9,12H2,(H,24,28). The minimum atomic E-state index is -0.107. The number of hydrogen-bond donors (Lipinski definition) is 1. The largest absolute Gasteiger partial charge is 0.453 e. The van der Waals surface area contributed by atoms with Crippen molar-refractivity contribution in [2.24, 2.45) is 0 Å². The van der Waals surface area contributed by atoms with Crippen LogP contribution in [0.25, 0.3) is 22.6 Å². The van der Waals surface area contributed by atoms with Crippen LogP contribution < -0.4 is 5.32 Å². The molecule has 0 fully saturated rings. The lowest BCUT2D eigenvalue weighted by Crippen LogP contribution is -2.14. The molecule has 0 atom stereocenters. The second kappa shape index (κ2) is 9.36. The van der Waals surface area contributed by atoms with E-state index in [1.54, 1.807) is 6.08 Å². The number of rotatable bonds is 7. The van der Waals surface area contributed by atoms with Crippen LogP contribution >= 0.6 is 50.3 Å². The van der Waals surface area contributed by atoms with Crippen molar-refractivity contribution in [1.29, 1.82) is 0 Å². The third-order valence-corrected chi connectivity index (χ3v) is 6.37. The number of fused-ring (bicyclic) bond motifs is 1. The molecule has 1 amide bonds. The molecule has 9 heteroatoms. The molecule has 0 saturated carbocycles. The van der Waals surface area contributed by atoms with Gasteiger partial charge in [0.1, 0.15) is 5.58 Å². The first-order valence-corrected chi connectivity index (χ1v) is 11.8. The number of anilines is 1. The van der Waals surface area contributed by atoms with Gasteiger partial charge >= 0.3 is 0 Å². The van der Waals surface area contributed by atoms with E-state index in [1.165, 1.54) is 11.8 Å². The molecule has 0 bridgehead atoms. The number of benzene rings is 2. The maximum atomic E-state index is 12.3. The first kappa shape index (κ1) is 21.1. The van der Waals surface area contributed by atoms with Crippen LogP contribution in [0, 0.1) is 3.57 Å². The van der Waals surface area contributed by atoms with E-state index in [0.29, 0.717) is 23.3 Å². The summed E-state index contributed by atoms with van der Waals surface area (Å²) in [5.74, 6) is 1.33. The molecule has 152 valence electrons. The Morgan fingerprint density at radius 3 is 2.80 bits per heavy atom. The number of carbonyl (C=O) groups is 1. The summed E-state index contributed by atoms with van der Waals surface area (Å²) < 4.78 is 9.94. The van der Waals surface area contributed by atoms with Gasteiger partial charge in [-0.15, -0.1) is 16.8 Å². The Bertz CT molecular complexity index is 1220. The van der Waals surface area contributed by atoms with Crippen molar-refractivity contribution in [3.8, 4) is 11.6 Å². The van der Waals surface area contributed by atoms with E-state index in [1.807, 2.05) is 53.1 Å². The Kier molecular flexibility index (Phi) is 6.59. The number of halogens is 2. The Balaban J connectivity index is 1.52. The smallest absolute Gasteiger partial charge is 0.234 e. The van der Waals surface area contributed by atoms with Gasteiger partial charge in [-0.25, -0.2) is 0 Å². The van der Waals surface area contributed by atoms with Crippen molar-refractivity contribution in [3.63, 3.8) is 0 Å². The van der Waals surface area contributed by atoms with Crippen molar-refractivity contribution in [2.75, 3.05) is 11.1 Å². The molecule has 0 aliphatic carbocycles. The monoisotopic (exact) mass is 594 g/mol. The third-order valence-electron chi connectivity index (χ3n) is 4.19. The molecule has 0 unspecified atom stereocenters. The molecule has 2 aromatic carbocycles. The van der Waals surface area contributed by atoms with Gasteiger partial charge in [0.2, 0.25) is 11.7 Å². The van der Waals surface area contributed by atoms with Crippen molar-refractivity contribution in [2.45, 2.75) is 11.7 Å². The fourth-order valence-electron chi connectivity index (χ4n) is 2.86. The van der Waals surface area contributed by atoms with Crippen molar-refractivity contribution < 1.29 is 9.21 Å². The molecule has 0 radical (unpaired) electrons. The molecular weight excluding hydrogens is 579 g/mol. The quantitative estimate of drug-likeness (QED) is 0.162. The zero-order chi connectivity index (χ0) is 21.1. The number of nitrogens with one attached hydrogen (secondary N) is 1. The van der Waals surface area contributed by atoms with Crippen molar-refractivity contribution in [1.82, 2.24) is 14.8 Å². The molecule has 2 heterocycles. The fraction of sp³-hybridized carbons (Fsp3) is 0.0952. The summed E-state index contributed by atoms with van der Waals surface area (Å²) >= 11 is 7.02. The maximum absolute atomic E-state index is 12.3. The highest BCUT2D eigenvalue weighted by atomic mass is 127. The van der Waals surface area contributed by atoms with Crippen molar-refractivity contribution in [3.05, 3.63) is 69.2 Å². The summed E-state index contributed by atoms with van der Waals surface area (Å²) in [5, 5.41) is 13.1. The number of thioether (sulfide) groups is 1. The lowest BCUT2D eigenvalue weighted by atomic mass is 10.2. The first-order valence-electron chi connectivity index (χ1n) is 8.95. The molecule has 6 nitrogen and oxygen atoms in total. The summed E-state index contributed by atoms with van der Waals surface area (Å²) in [6, 6.07) is 15.4. The Labute approximate surface area is 199 Å². The zero-order valence-corrected chi connectivity index (χ0v) is 20.2. The number of hydrogen-bond acceptors (Lipinski definition) is 5. The van der Waals surface area contributed by atoms with Crippen LogP contribution in [0.15, 0.2) is 75.2 Å². The van der Waals surface area contributed by atoms with Crippen LogP contribution in [0.1, 0.15) is 0 Å². The molecule has 30 heavy (non-hydrogen) atoms. The number of nitrogens with zero attached hydrogens (tertiary/aromatic N) is 3. The Hall–Kier alpha value is -2.11. The van der Waals surface area contributed by atoms with Crippen LogP contribution in [0.4, 0.5) is 5.69 Å². The van der Waals surface area contributed by atoms with E-state index < -0.39 is 0 Å². The Morgan fingerprint density at radius 2 is 2.03 bits per heavy atom. The average Bonchev–Trinajstić information content (AvgIpc) is 3.32. The third kappa shape index (κ3) is 4.79. The van der Waals surface area contributed by atoms with Crippen LogP contribution in [0.3, 0.4) is 0 Å². The van der Waals surface area contributed by atoms with E-state index in [-0.39, 0.29) is 11.7 Å². The highest BCUT2D eigenvalue weighted by molar-refractivity contribution is 14.1. The highest BCUT2D eigenvalue weighted by Gasteiger charge is 2.18. The predicted molar refractivity (Wildman–Crippen MR) is 132 cm³/mol. The fourth-order valence-corrected chi connectivity index (χ4v) is 4.34. The van der Waals surface area contributed by atoms with Gasteiger partial charge in [-0.05, 0) is 71.1 Å². The van der Waals surface area contributed by atoms with Gasteiger partial charge in [-0.1, -0.05) is 33.8 Å². The van der Waals surface area contributed by atoms with E-state index in [4.69, 9.17) is 4.42 Å². The summed E-state index contributed by atoms with van der Waals surface area (Å²) in [6.07, 6.45) is 1.77. The van der Waals surface area contributed by atoms with Crippen molar-refractivity contribution >= 4 is 72.8 Å². The van der Waals surface area contributed by atoms with Gasteiger partial charge in [0, 0.05) is 25.7 Å². The summed E-state index contributed by atoms with van der Waals surface area (Å²) in [6.45, 7) is 4.33. The molecule has 0 spiro atoms. The summed E-state index contributed by atoms with van der Waals surface area (Å²) in [5.41, 5.74) is 1.54. The number of furan rings is 1. The number of allylic oxidation sites excluding steroid dienone is 1. The molecule has 0 aliphatic rings. The van der Waals surface area contributed by atoms with Gasteiger partial charge in [-0.3, -0.25) is 9.36 Å². The van der Waals surface area contributed by atoms with Crippen LogP contribution in [0.2, 0.25) is 0 Å².